The van der Waals surface area contributed by atoms with Gasteiger partial charge in [-0.3, -0.25) is 19.0 Å². The van der Waals surface area contributed by atoms with Gasteiger partial charge in [0.1, 0.15) is 11.8 Å². The van der Waals surface area contributed by atoms with Crippen molar-refractivity contribution in [2.45, 2.75) is 19.4 Å². The second-order valence-corrected chi connectivity index (χ2v) is 9.26. The molecule has 3 aromatic carbocycles. The first kappa shape index (κ1) is 27.3. The van der Waals surface area contributed by atoms with Gasteiger partial charge in [-0.25, -0.2) is 4.79 Å². The minimum atomic E-state index is -1.08. The van der Waals surface area contributed by atoms with Crippen molar-refractivity contribution in [3.63, 3.8) is 0 Å². The van der Waals surface area contributed by atoms with Crippen molar-refractivity contribution in [2.75, 3.05) is 12.4 Å². The fraction of sp³-hybridized carbons (Fsp3) is 0.133. The van der Waals surface area contributed by atoms with E-state index in [1.807, 2.05) is 30.3 Å². The average Bonchev–Trinajstić information content (AvgIpc) is 2.92. The molecule has 0 aliphatic rings. The lowest BCUT2D eigenvalue weighted by atomic mass is 9.97. The maximum Gasteiger partial charge on any atom is 0.335 e. The van der Waals surface area contributed by atoms with Crippen molar-refractivity contribution in [1.29, 1.82) is 0 Å². The predicted octanol–water partition coefficient (Wildman–Crippen LogP) is 5.50. The molecule has 0 bridgehead atoms. The molecule has 8 nitrogen and oxygen atoms in total. The summed E-state index contributed by atoms with van der Waals surface area (Å²) in [7, 11) is 1.43. The zero-order valence-corrected chi connectivity index (χ0v) is 21.9. The predicted molar refractivity (Wildman–Crippen MR) is 149 cm³/mol. The molecule has 39 heavy (non-hydrogen) atoms. The van der Waals surface area contributed by atoms with Crippen LogP contribution in [0.1, 0.15) is 39.2 Å². The number of ether oxygens (including phenoxy) is 1. The number of aromatic carboxylic acids is 1. The zero-order valence-electron chi connectivity index (χ0n) is 21.2. The van der Waals surface area contributed by atoms with Gasteiger partial charge < -0.3 is 15.2 Å². The number of amides is 1. The summed E-state index contributed by atoms with van der Waals surface area (Å²) in [6, 6.07) is 20.1. The molecule has 198 valence electrons. The number of nitrogens with one attached hydrogen (secondary N) is 1. The van der Waals surface area contributed by atoms with Gasteiger partial charge in [0, 0.05) is 34.3 Å². The van der Waals surface area contributed by atoms with Crippen molar-refractivity contribution in [2.24, 2.45) is 0 Å². The maximum absolute atomic E-state index is 13.5. The lowest BCUT2D eigenvalue weighted by Crippen LogP contribution is -2.34. The Balaban J connectivity index is 1.79. The number of hydrogen-bond acceptors (Lipinski definition) is 5. The van der Waals surface area contributed by atoms with Crippen molar-refractivity contribution in [1.82, 2.24) is 4.57 Å². The molecule has 1 amide bonds. The molecule has 1 atom stereocenters. The van der Waals surface area contributed by atoms with Gasteiger partial charge in [-0.2, -0.15) is 0 Å². The molecule has 0 radical (unpaired) electrons. The summed E-state index contributed by atoms with van der Waals surface area (Å²) in [5.41, 5.74) is 1.98. The lowest BCUT2D eigenvalue weighted by Gasteiger charge is -2.22. The van der Waals surface area contributed by atoms with E-state index in [2.05, 4.69) is 5.32 Å². The number of Topliss-reactive ketones (excluding diaryl/α,β-unsaturated/α-hetero) is 1. The van der Waals surface area contributed by atoms with Crippen LogP contribution in [0.3, 0.4) is 0 Å². The summed E-state index contributed by atoms with van der Waals surface area (Å²) in [6.07, 6.45) is 1.64. The summed E-state index contributed by atoms with van der Waals surface area (Å²) < 4.78 is 6.89. The van der Waals surface area contributed by atoms with E-state index in [1.165, 1.54) is 55.1 Å². The Labute approximate surface area is 229 Å². The topological polar surface area (TPSA) is 115 Å². The number of ketones is 1. The zero-order chi connectivity index (χ0) is 28.1. The van der Waals surface area contributed by atoms with Crippen LogP contribution in [0.5, 0.6) is 5.75 Å². The molecule has 9 heteroatoms. The van der Waals surface area contributed by atoms with Crippen LogP contribution >= 0.6 is 11.6 Å². The minimum Gasteiger partial charge on any atom is -0.495 e. The summed E-state index contributed by atoms with van der Waals surface area (Å²) in [6.45, 7) is 1.42. The highest BCUT2D eigenvalue weighted by atomic mass is 35.5. The average molecular weight is 545 g/mol. The number of pyridine rings is 1. The summed E-state index contributed by atoms with van der Waals surface area (Å²) in [5, 5.41) is 12.3. The molecular weight excluding hydrogens is 520 g/mol. The van der Waals surface area contributed by atoms with Gasteiger partial charge in [0.25, 0.3) is 5.56 Å². The van der Waals surface area contributed by atoms with Crippen LogP contribution in [-0.4, -0.2) is 34.4 Å². The van der Waals surface area contributed by atoms with Gasteiger partial charge in [0.15, 0.2) is 5.78 Å². The van der Waals surface area contributed by atoms with Gasteiger partial charge in [-0.1, -0.05) is 41.9 Å². The van der Waals surface area contributed by atoms with Crippen LogP contribution in [0.2, 0.25) is 5.02 Å². The first-order valence-electron chi connectivity index (χ1n) is 12.0. The smallest absolute Gasteiger partial charge is 0.335 e. The van der Waals surface area contributed by atoms with E-state index in [1.54, 1.807) is 18.2 Å². The Morgan fingerprint density at radius 3 is 2.28 bits per heavy atom. The Hall–Kier alpha value is -4.69. The molecule has 0 unspecified atom stereocenters. The van der Waals surface area contributed by atoms with Gasteiger partial charge in [0.2, 0.25) is 5.91 Å². The Morgan fingerprint density at radius 1 is 0.974 bits per heavy atom. The molecule has 4 aromatic rings. The number of anilines is 1. The number of nitrogens with zero attached hydrogens (tertiary/aromatic N) is 1. The first-order chi connectivity index (χ1) is 18.7. The second kappa shape index (κ2) is 11.8. The molecule has 1 heterocycles. The molecule has 0 fully saturated rings. The summed E-state index contributed by atoms with van der Waals surface area (Å²) >= 11 is 6.20. The SMILES string of the molecule is COc1cn([C@H](Cc2ccccc2)C(=O)Nc2ccc(C(=O)O)cc2)c(=O)cc1-c1cc(Cl)ccc1C(C)=O. The molecular formula is C30H25ClN2O6. The van der Waals surface area contributed by atoms with Crippen LogP contribution in [0.15, 0.2) is 89.9 Å². The summed E-state index contributed by atoms with van der Waals surface area (Å²) in [5.74, 6) is -1.49. The van der Waals surface area contributed by atoms with Gasteiger partial charge >= 0.3 is 5.97 Å². The Kier molecular flexibility index (Phi) is 8.27. The van der Waals surface area contributed by atoms with Crippen molar-refractivity contribution in [3.8, 4) is 16.9 Å². The Morgan fingerprint density at radius 2 is 1.67 bits per heavy atom. The van der Waals surface area contributed by atoms with Gasteiger partial charge in [-0.05, 0) is 60.5 Å². The second-order valence-electron chi connectivity index (χ2n) is 8.82. The summed E-state index contributed by atoms with van der Waals surface area (Å²) in [4.78, 5) is 50.5. The van der Waals surface area contributed by atoms with Crippen molar-refractivity contribution < 1.29 is 24.2 Å². The Bertz CT molecular complexity index is 1600. The third kappa shape index (κ3) is 6.25. The highest BCUT2D eigenvalue weighted by Gasteiger charge is 2.25. The highest BCUT2D eigenvalue weighted by molar-refractivity contribution is 6.31. The van der Waals surface area contributed by atoms with Crippen LogP contribution in [0.4, 0.5) is 5.69 Å². The van der Waals surface area contributed by atoms with Crippen LogP contribution in [0.25, 0.3) is 11.1 Å². The molecule has 0 aliphatic carbocycles. The fourth-order valence-electron chi connectivity index (χ4n) is 4.27. The highest BCUT2D eigenvalue weighted by Crippen LogP contribution is 2.34. The number of carboxylic acid groups (broad SMARTS) is 1. The number of benzene rings is 3. The number of carbonyl (C=O) groups is 3. The lowest BCUT2D eigenvalue weighted by molar-refractivity contribution is -0.119. The minimum absolute atomic E-state index is 0.0799. The van der Waals surface area contributed by atoms with E-state index in [-0.39, 0.29) is 23.5 Å². The molecule has 2 N–H and O–H groups in total. The van der Waals surface area contributed by atoms with Crippen molar-refractivity contribution >= 4 is 34.9 Å². The first-order valence-corrected chi connectivity index (χ1v) is 12.3. The number of rotatable bonds is 9. The molecule has 0 aliphatic heterocycles. The number of methoxy groups -OCH3 is 1. The molecule has 0 saturated heterocycles. The van der Waals surface area contributed by atoms with E-state index in [4.69, 9.17) is 21.4 Å². The van der Waals surface area contributed by atoms with E-state index in [9.17, 15) is 19.2 Å². The molecule has 4 rings (SSSR count). The van der Waals surface area contributed by atoms with E-state index in [0.29, 0.717) is 27.4 Å². The number of halogens is 1. The quantitative estimate of drug-likeness (QED) is 0.269. The number of hydrogen-bond donors (Lipinski definition) is 2. The standard InChI is InChI=1S/C30H25ClN2O6/c1-18(34)23-13-10-21(31)15-24(23)25-16-28(35)33(17-27(25)39-2)26(14-19-6-4-3-5-7-19)29(36)32-22-11-8-20(9-12-22)30(37)38/h3-13,15-17,26H,14H2,1-2H3,(H,32,36)(H,37,38)/t26-/m1/s1. The number of carbonyl (C=O) groups excluding carboxylic acids is 2. The number of carboxylic acids is 1. The normalized spacial score (nSPS) is 11.5. The molecule has 1 aromatic heterocycles. The molecule has 0 spiro atoms. The van der Waals surface area contributed by atoms with E-state index in [0.717, 1.165) is 5.56 Å². The molecule has 0 saturated carbocycles. The maximum atomic E-state index is 13.5. The van der Waals surface area contributed by atoms with E-state index >= 15 is 0 Å². The third-order valence-electron chi connectivity index (χ3n) is 6.22. The van der Waals surface area contributed by atoms with Gasteiger partial charge in [0.05, 0.1) is 18.9 Å². The number of aromatic nitrogens is 1. The third-order valence-corrected chi connectivity index (χ3v) is 6.46. The fourth-order valence-corrected chi connectivity index (χ4v) is 4.44. The van der Waals surface area contributed by atoms with E-state index < -0.39 is 23.5 Å². The monoisotopic (exact) mass is 544 g/mol. The largest absolute Gasteiger partial charge is 0.495 e. The van der Waals surface area contributed by atoms with Crippen molar-refractivity contribution in [3.05, 3.63) is 117 Å². The van der Waals surface area contributed by atoms with Crippen LogP contribution in [-0.2, 0) is 11.2 Å². The van der Waals surface area contributed by atoms with Gasteiger partial charge in [-0.15, -0.1) is 0 Å². The van der Waals surface area contributed by atoms with Crippen LogP contribution in [0, 0.1) is 0 Å². The van der Waals surface area contributed by atoms with Crippen LogP contribution < -0.4 is 15.6 Å².